The Kier molecular flexibility index (Phi) is 2.62. The largest absolute Gasteiger partial charge is 0.497 e. The SMILES string of the molecule is COc1ccc2nc(=O)[nH]c(C(C)N)c2c1. The quantitative estimate of drug-likeness (QED) is 0.788. The van der Waals surface area contributed by atoms with E-state index in [0.29, 0.717) is 17.0 Å². The molecule has 16 heavy (non-hydrogen) atoms. The molecule has 3 N–H and O–H groups in total. The normalized spacial score (nSPS) is 12.7. The van der Waals surface area contributed by atoms with E-state index in [1.807, 2.05) is 13.0 Å². The number of benzene rings is 1. The Labute approximate surface area is 92.3 Å². The zero-order chi connectivity index (χ0) is 11.7. The fourth-order valence-corrected chi connectivity index (χ4v) is 1.63. The average molecular weight is 219 g/mol. The summed E-state index contributed by atoms with van der Waals surface area (Å²) in [6, 6.07) is 5.07. The summed E-state index contributed by atoms with van der Waals surface area (Å²) in [5.41, 5.74) is 6.71. The van der Waals surface area contributed by atoms with Crippen LogP contribution < -0.4 is 16.2 Å². The van der Waals surface area contributed by atoms with Gasteiger partial charge in [-0.3, -0.25) is 0 Å². The maximum atomic E-state index is 11.3. The topological polar surface area (TPSA) is 81.0 Å². The van der Waals surface area contributed by atoms with Crippen LogP contribution in [0.2, 0.25) is 0 Å². The summed E-state index contributed by atoms with van der Waals surface area (Å²) in [5.74, 6) is 0.711. The van der Waals surface area contributed by atoms with Crippen molar-refractivity contribution in [2.75, 3.05) is 7.11 Å². The molecule has 0 bridgehead atoms. The van der Waals surface area contributed by atoms with Crippen molar-refractivity contribution in [3.8, 4) is 5.75 Å². The molecule has 0 amide bonds. The van der Waals surface area contributed by atoms with Gasteiger partial charge in [0.2, 0.25) is 0 Å². The summed E-state index contributed by atoms with van der Waals surface area (Å²) in [7, 11) is 1.59. The van der Waals surface area contributed by atoms with E-state index in [1.165, 1.54) is 0 Å². The lowest BCUT2D eigenvalue weighted by atomic mass is 10.1. The highest BCUT2D eigenvalue weighted by Gasteiger charge is 2.09. The van der Waals surface area contributed by atoms with Gasteiger partial charge in [0.15, 0.2) is 0 Å². The molecule has 2 aromatic rings. The molecule has 0 saturated carbocycles. The Morgan fingerprint density at radius 3 is 2.88 bits per heavy atom. The maximum absolute atomic E-state index is 11.3. The van der Waals surface area contributed by atoms with E-state index in [9.17, 15) is 4.79 Å². The molecule has 1 unspecified atom stereocenters. The van der Waals surface area contributed by atoms with Crippen LogP contribution in [0.5, 0.6) is 5.75 Å². The molecule has 5 nitrogen and oxygen atoms in total. The molecule has 0 aliphatic heterocycles. The molecular weight excluding hydrogens is 206 g/mol. The van der Waals surface area contributed by atoms with Gasteiger partial charge in [-0.05, 0) is 25.1 Å². The third-order valence-corrected chi connectivity index (χ3v) is 2.41. The average Bonchev–Trinajstić information content (AvgIpc) is 2.27. The first-order chi connectivity index (χ1) is 7.61. The minimum atomic E-state index is -0.384. The van der Waals surface area contributed by atoms with Gasteiger partial charge >= 0.3 is 5.69 Å². The summed E-state index contributed by atoms with van der Waals surface area (Å²) in [5, 5.41) is 0.814. The predicted octanol–water partition coefficient (Wildman–Crippen LogP) is 0.951. The van der Waals surface area contributed by atoms with E-state index in [0.717, 1.165) is 5.39 Å². The van der Waals surface area contributed by atoms with Crippen molar-refractivity contribution in [1.82, 2.24) is 9.97 Å². The van der Waals surface area contributed by atoms with Crippen LogP contribution >= 0.6 is 0 Å². The number of aromatic amines is 1. The number of aromatic nitrogens is 2. The molecule has 1 atom stereocenters. The number of rotatable bonds is 2. The number of nitrogens with two attached hydrogens (primary N) is 1. The molecule has 84 valence electrons. The second-order valence-corrected chi connectivity index (χ2v) is 3.63. The number of hydrogen-bond acceptors (Lipinski definition) is 4. The van der Waals surface area contributed by atoms with Crippen LogP contribution in [-0.4, -0.2) is 17.1 Å². The Hall–Kier alpha value is -1.88. The highest BCUT2D eigenvalue weighted by Crippen LogP contribution is 2.22. The summed E-state index contributed by atoms with van der Waals surface area (Å²) in [6.45, 7) is 1.81. The molecule has 5 heteroatoms. The maximum Gasteiger partial charge on any atom is 0.345 e. The van der Waals surface area contributed by atoms with Crippen molar-refractivity contribution < 1.29 is 4.74 Å². The summed E-state index contributed by atoms with van der Waals surface area (Å²) < 4.78 is 5.13. The van der Waals surface area contributed by atoms with Gasteiger partial charge in [-0.1, -0.05) is 0 Å². The van der Waals surface area contributed by atoms with E-state index in [2.05, 4.69) is 9.97 Å². The van der Waals surface area contributed by atoms with Crippen molar-refractivity contribution in [3.63, 3.8) is 0 Å². The molecule has 0 fully saturated rings. The van der Waals surface area contributed by atoms with E-state index in [4.69, 9.17) is 10.5 Å². The van der Waals surface area contributed by atoms with Crippen molar-refractivity contribution >= 4 is 10.9 Å². The number of methoxy groups -OCH3 is 1. The smallest absolute Gasteiger partial charge is 0.345 e. The van der Waals surface area contributed by atoms with E-state index in [-0.39, 0.29) is 11.7 Å². The van der Waals surface area contributed by atoms with Crippen LogP contribution in [0.1, 0.15) is 18.7 Å². The predicted molar refractivity (Wildman–Crippen MR) is 61.5 cm³/mol. The molecule has 2 rings (SSSR count). The minimum absolute atomic E-state index is 0.259. The van der Waals surface area contributed by atoms with E-state index >= 15 is 0 Å². The molecular formula is C11H13N3O2. The van der Waals surface area contributed by atoms with Gasteiger partial charge < -0.3 is 15.5 Å². The molecule has 0 saturated heterocycles. The highest BCUT2D eigenvalue weighted by atomic mass is 16.5. The fourth-order valence-electron chi connectivity index (χ4n) is 1.63. The van der Waals surface area contributed by atoms with E-state index < -0.39 is 0 Å². The molecule has 1 aromatic heterocycles. The molecule has 0 radical (unpaired) electrons. The minimum Gasteiger partial charge on any atom is -0.497 e. The highest BCUT2D eigenvalue weighted by molar-refractivity contribution is 5.82. The Bertz CT molecular complexity index is 575. The number of nitrogens with one attached hydrogen (secondary N) is 1. The Morgan fingerprint density at radius 1 is 1.50 bits per heavy atom. The fraction of sp³-hybridized carbons (Fsp3) is 0.273. The lowest BCUT2D eigenvalue weighted by molar-refractivity contribution is 0.415. The molecule has 0 spiro atoms. The third kappa shape index (κ3) is 1.77. The summed E-state index contributed by atoms with van der Waals surface area (Å²) >= 11 is 0. The van der Waals surface area contributed by atoms with Crippen molar-refractivity contribution in [1.29, 1.82) is 0 Å². The van der Waals surface area contributed by atoms with Crippen molar-refractivity contribution in [2.45, 2.75) is 13.0 Å². The van der Waals surface area contributed by atoms with Gasteiger partial charge in [0.1, 0.15) is 5.75 Å². The molecule has 1 aromatic carbocycles. The Morgan fingerprint density at radius 2 is 2.25 bits per heavy atom. The first-order valence-corrected chi connectivity index (χ1v) is 4.95. The zero-order valence-electron chi connectivity index (χ0n) is 9.15. The summed E-state index contributed by atoms with van der Waals surface area (Å²) in [4.78, 5) is 17.8. The second kappa shape index (κ2) is 3.94. The van der Waals surface area contributed by atoms with Crippen LogP contribution in [0.25, 0.3) is 10.9 Å². The summed E-state index contributed by atoms with van der Waals surface area (Å²) in [6.07, 6.45) is 0. The first-order valence-electron chi connectivity index (χ1n) is 4.95. The third-order valence-electron chi connectivity index (χ3n) is 2.41. The number of H-pyrrole nitrogens is 1. The standard InChI is InChI=1S/C11H13N3O2/c1-6(12)10-8-5-7(16-2)3-4-9(8)13-11(15)14-10/h3-6H,12H2,1-2H3,(H,13,14,15). The van der Waals surface area contributed by atoms with Crippen LogP contribution in [0.15, 0.2) is 23.0 Å². The van der Waals surface area contributed by atoms with Gasteiger partial charge in [-0.15, -0.1) is 0 Å². The number of ether oxygens (including phenoxy) is 1. The lowest BCUT2D eigenvalue weighted by Crippen LogP contribution is -2.18. The zero-order valence-corrected chi connectivity index (χ0v) is 9.15. The van der Waals surface area contributed by atoms with Gasteiger partial charge in [0, 0.05) is 17.1 Å². The van der Waals surface area contributed by atoms with Crippen molar-refractivity contribution in [3.05, 3.63) is 34.4 Å². The second-order valence-electron chi connectivity index (χ2n) is 3.63. The van der Waals surface area contributed by atoms with E-state index in [1.54, 1.807) is 19.2 Å². The number of fused-ring (bicyclic) bond motifs is 1. The van der Waals surface area contributed by atoms with Gasteiger partial charge in [0.25, 0.3) is 0 Å². The Balaban J connectivity index is 2.80. The number of nitrogens with zero attached hydrogens (tertiary/aromatic N) is 1. The monoisotopic (exact) mass is 219 g/mol. The number of hydrogen-bond donors (Lipinski definition) is 2. The van der Waals surface area contributed by atoms with Crippen molar-refractivity contribution in [2.24, 2.45) is 5.73 Å². The van der Waals surface area contributed by atoms with Crippen LogP contribution in [0, 0.1) is 0 Å². The van der Waals surface area contributed by atoms with Gasteiger partial charge in [-0.2, -0.15) is 4.98 Å². The van der Waals surface area contributed by atoms with Gasteiger partial charge in [-0.25, -0.2) is 4.79 Å². The molecule has 0 aliphatic rings. The molecule has 1 heterocycles. The molecule has 0 aliphatic carbocycles. The van der Waals surface area contributed by atoms with Gasteiger partial charge in [0.05, 0.1) is 12.6 Å². The van der Waals surface area contributed by atoms with Crippen LogP contribution in [0.4, 0.5) is 0 Å². The first kappa shape index (κ1) is 10.6. The lowest BCUT2D eigenvalue weighted by Gasteiger charge is -2.09. The van der Waals surface area contributed by atoms with Crippen LogP contribution in [-0.2, 0) is 0 Å². The van der Waals surface area contributed by atoms with Crippen LogP contribution in [0.3, 0.4) is 0 Å².